The summed E-state index contributed by atoms with van der Waals surface area (Å²) in [6.45, 7) is 1.88. The van der Waals surface area contributed by atoms with Gasteiger partial charge in [0, 0.05) is 16.2 Å². The van der Waals surface area contributed by atoms with Gasteiger partial charge in [0.15, 0.2) is 5.75 Å². The first-order valence-electron chi connectivity index (χ1n) is 8.44. The predicted octanol–water partition coefficient (Wildman–Crippen LogP) is 4.24. The summed E-state index contributed by atoms with van der Waals surface area (Å²) in [4.78, 5) is 12.4. The predicted molar refractivity (Wildman–Crippen MR) is 108 cm³/mol. The monoisotopic (exact) mass is 429 g/mol. The van der Waals surface area contributed by atoms with Crippen molar-refractivity contribution in [1.82, 2.24) is 4.57 Å². The van der Waals surface area contributed by atoms with Gasteiger partial charge < -0.3 is 19.1 Å². The van der Waals surface area contributed by atoms with Crippen LogP contribution in [-0.2, 0) is 6.61 Å². The van der Waals surface area contributed by atoms with Crippen LogP contribution in [0.5, 0.6) is 11.5 Å². The number of methoxy groups -OCH3 is 1. The molecule has 1 atom stereocenters. The molecular weight excluding hydrogens is 410 g/mol. The number of aromatic nitrogens is 1. The minimum absolute atomic E-state index is 0.218. The highest BCUT2D eigenvalue weighted by Crippen LogP contribution is 2.22. The van der Waals surface area contributed by atoms with E-state index in [-0.39, 0.29) is 17.8 Å². The van der Waals surface area contributed by atoms with Crippen molar-refractivity contribution in [3.8, 4) is 17.2 Å². The zero-order valence-corrected chi connectivity index (χ0v) is 16.6. The first kappa shape index (κ1) is 19.2. The molecule has 1 N–H and O–H groups in total. The largest absolute Gasteiger partial charge is 0.497 e. The molecule has 0 aliphatic carbocycles. The molecule has 0 fully saturated rings. The average molecular weight is 430 g/mol. The second kappa shape index (κ2) is 8.41. The number of rotatable bonds is 6. The van der Waals surface area contributed by atoms with Gasteiger partial charge in [0.05, 0.1) is 25.1 Å². The SMILES string of the molecule is COc1ccc(COc2cn(-c3cccc(Br)c3)c([C@H](C)O)cc2=O)cc1. The molecule has 3 rings (SSSR count). The molecule has 2 aromatic carbocycles. The minimum atomic E-state index is -0.799. The summed E-state index contributed by atoms with van der Waals surface area (Å²) in [5, 5.41) is 10.1. The van der Waals surface area contributed by atoms with E-state index in [1.807, 2.05) is 48.5 Å². The van der Waals surface area contributed by atoms with E-state index in [0.29, 0.717) is 5.69 Å². The third kappa shape index (κ3) is 4.59. The topological polar surface area (TPSA) is 60.7 Å². The second-order valence-electron chi connectivity index (χ2n) is 6.09. The lowest BCUT2D eigenvalue weighted by molar-refractivity contribution is 0.191. The normalized spacial score (nSPS) is 11.9. The molecule has 0 radical (unpaired) electrons. The second-order valence-corrected chi connectivity index (χ2v) is 7.01. The van der Waals surface area contributed by atoms with Gasteiger partial charge in [-0.2, -0.15) is 0 Å². The molecule has 0 spiro atoms. The Hall–Kier alpha value is -2.57. The highest BCUT2D eigenvalue weighted by molar-refractivity contribution is 9.10. The van der Waals surface area contributed by atoms with Crippen LogP contribution in [0.2, 0.25) is 0 Å². The van der Waals surface area contributed by atoms with Gasteiger partial charge in [-0.15, -0.1) is 0 Å². The van der Waals surface area contributed by atoms with E-state index in [4.69, 9.17) is 9.47 Å². The van der Waals surface area contributed by atoms with Crippen molar-refractivity contribution in [1.29, 1.82) is 0 Å². The van der Waals surface area contributed by atoms with E-state index in [1.165, 1.54) is 6.07 Å². The number of benzene rings is 2. The fourth-order valence-electron chi connectivity index (χ4n) is 2.69. The molecule has 140 valence electrons. The fourth-order valence-corrected chi connectivity index (χ4v) is 3.08. The molecule has 0 bridgehead atoms. The Bertz CT molecular complexity index is 980. The van der Waals surface area contributed by atoms with Crippen LogP contribution in [0.3, 0.4) is 0 Å². The van der Waals surface area contributed by atoms with Crippen molar-refractivity contribution >= 4 is 15.9 Å². The lowest BCUT2D eigenvalue weighted by Crippen LogP contribution is -2.16. The standard InChI is InChI=1S/C21H20BrNO4/c1-14(24)19-11-20(25)21(12-23(19)17-5-3-4-16(22)10-17)27-13-15-6-8-18(26-2)9-7-15/h3-12,14,24H,13H2,1-2H3/t14-/m0/s1. The summed E-state index contributed by atoms with van der Waals surface area (Å²) < 4.78 is 13.6. The first-order chi connectivity index (χ1) is 13.0. The van der Waals surface area contributed by atoms with Crippen LogP contribution in [0.25, 0.3) is 5.69 Å². The highest BCUT2D eigenvalue weighted by Gasteiger charge is 2.13. The Balaban J connectivity index is 1.93. The average Bonchev–Trinajstić information content (AvgIpc) is 2.67. The molecule has 1 aromatic heterocycles. The fraction of sp³-hybridized carbons (Fsp3) is 0.190. The number of aliphatic hydroxyl groups excluding tert-OH is 1. The van der Waals surface area contributed by atoms with Gasteiger partial charge in [-0.3, -0.25) is 4.79 Å². The summed E-state index contributed by atoms with van der Waals surface area (Å²) in [6, 6.07) is 16.5. The molecule has 6 heteroatoms. The molecule has 0 unspecified atom stereocenters. The van der Waals surface area contributed by atoms with Gasteiger partial charge in [-0.1, -0.05) is 34.1 Å². The van der Waals surface area contributed by atoms with Crippen LogP contribution in [0.4, 0.5) is 0 Å². The molecule has 3 aromatic rings. The van der Waals surface area contributed by atoms with E-state index in [0.717, 1.165) is 21.5 Å². The summed E-state index contributed by atoms with van der Waals surface area (Å²) >= 11 is 3.45. The number of aliphatic hydroxyl groups is 1. The van der Waals surface area contributed by atoms with Gasteiger partial charge in [0.2, 0.25) is 5.43 Å². The smallest absolute Gasteiger partial charge is 0.223 e. The van der Waals surface area contributed by atoms with Crippen molar-refractivity contribution in [3.63, 3.8) is 0 Å². The number of hydrogen-bond acceptors (Lipinski definition) is 4. The number of nitrogens with zero attached hydrogens (tertiary/aromatic N) is 1. The van der Waals surface area contributed by atoms with Crippen molar-refractivity contribution < 1.29 is 14.6 Å². The van der Waals surface area contributed by atoms with E-state index < -0.39 is 6.10 Å². The zero-order chi connectivity index (χ0) is 19.4. The molecule has 0 saturated heterocycles. The molecule has 0 saturated carbocycles. The third-order valence-electron chi connectivity index (χ3n) is 4.11. The minimum Gasteiger partial charge on any atom is -0.497 e. The summed E-state index contributed by atoms with van der Waals surface area (Å²) in [5.41, 5.74) is 1.96. The van der Waals surface area contributed by atoms with Crippen LogP contribution in [-0.4, -0.2) is 16.8 Å². The maximum absolute atomic E-state index is 12.4. The lowest BCUT2D eigenvalue weighted by atomic mass is 10.2. The maximum Gasteiger partial charge on any atom is 0.223 e. The third-order valence-corrected chi connectivity index (χ3v) is 4.61. The van der Waals surface area contributed by atoms with E-state index in [1.54, 1.807) is 24.8 Å². The highest BCUT2D eigenvalue weighted by atomic mass is 79.9. The zero-order valence-electron chi connectivity index (χ0n) is 15.1. The molecule has 0 aliphatic heterocycles. The van der Waals surface area contributed by atoms with Crippen molar-refractivity contribution in [3.05, 3.63) is 86.7 Å². The number of pyridine rings is 1. The van der Waals surface area contributed by atoms with Gasteiger partial charge in [0.1, 0.15) is 12.4 Å². The first-order valence-corrected chi connectivity index (χ1v) is 9.23. The van der Waals surface area contributed by atoms with Gasteiger partial charge in [-0.25, -0.2) is 0 Å². The Morgan fingerprint density at radius 3 is 2.52 bits per heavy atom. The van der Waals surface area contributed by atoms with Crippen LogP contribution < -0.4 is 14.9 Å². The quantitative estimate of drug-likeness (QED) is 0.636. The van der Waals surface area contributed by atoms with Gasteiger partial charge in [0.25, 0.3) is 0 Å². The summed E-state index contributed by atoms with van der Waals surface area (Å²) in [6.07, 6.45) is 0.822. The van der Waals surface area contributed by atoms with E-state index in [9.17, 15) is 9.90 Å². The Morgan fingerprint density at radius 1 is 1.15 bits per heavy atom. The van der Waals surface area contributed by atoms with Crippen molar-refractivity contribution in [2.24, 2.45) is 0 Å². The molecule has 5 nitrogen and oxygen atoms in total. The van der Waals surface area contributed by atoms with Gasteiger partial charge >= 0.3 is 0 Å². The van der Waals surface area contributed by atoms with Crippen molar-refractivity contribution in [2.45, 2.75) is 19.6 Å². The van der Waals surface area contributed by atoms with Gasteiger partial charge in [-0.05, 0) is 42.8 Å². The van der Waals surface area contributed by atoms with Crippen LogP contribution >= 0.6 is 15.9 Å². The van der Waals surface area contributed by atoms with Crippen molar-refractivity contribution in [2.75, 3.05) is 7.11 Å². The summed E-state index contributed by atoms with van der Waals surface area (Å²) in [7, 11) is 1.61. The van der Waals surface area contributed by atoms with Crippen LogP contribution in [0.15, 0.2) is 70.1 Å². The van der Waals surface area contributed by atoms with Crippen LogP contribution in [0.1, 0.15) is 24.3 Å². The van der Waals surface area contributed by atoms with E-state index >= 15 is 0 Å². The molecule has 0 aliphatic rings. The Labute approximate surface area is 165 Å². The maximum atomic E-state index is 12.4. The number of ether oxygens (including phenoxy) is 2. The summed E-state index contributed by atoms with van der Waals surface area (Å²) in [5.74, 6) is 0.979. The van der Waals surface area contributed by atoms with Crippen LogP contribution in [0, 0.1) is 0 Å². The molecule has 0 amide bonds. The molecule has 1 heterocycles. The van der Waals surface area contributed by atoms with E-state index in [2.05, 4.69) is 15.9 Å². The molecule has 27 heavy (non-hydrogen) atoms. The number of halogens is 1. The Morgan fingerprint density at radius 2 is 1.89 bits per heavy atom. The lowest BCUT2D eigenvalue weighted by Gasteiger charge is -2.17. The number of hydrogen-bond donors (Lipinski definition) is 1. The molecular formula is C21H20BrNO4. The Kier molecular flexibility index (Phi) is 5.98.